The average molecular weight is 247 g/mol. The molecule has 1 N–H and O–H groups in total. The Hall–Kier alpha value is -1.55. The molecule has 4 nitrogen and oxygen atoms in total. The third kappa shape index (κ3) is 3.01. The van der Waals surface area contributed by atoms with E-state index in [2.05, 4.69) is 44.3 Å². The Labute approximate surface area is 108 Å². The fourth-order valence-electron chi connectivity index (χ4n) is 1.73. The second-order valence-corrected chi connectivity index (χ2v) is 5.58. The minimum absolute atomic E-state index is 0.0326. The van der Waals surface area contributed by atoms with Crippen LogP contribution in [0.15, 0.2) is 35.2 Å². The standard InChI is InChI=1S/C14H21N3O/c1-11(13-6-5-7-18-13)15-8-12-9-16-17(10-12)14(2,3)4/h5-7,9-11,15H,8H2,1-4H3/t11-/m0/s1. The summed E-state index contributed by atoms with van der Waals surface area (Å²) in [6.45, 7) is 9.30. The van der Waals surface area contributed by atoms with Crippen molar-refractivity contribution in [2.75, 3.05) is 0 Å². The van der Waals surface area contributed by atoms with Crippen LogP contribution in [0, 0.1) is 0 Å². The van der Waals surface area contributed by atoms with Crippen LogP contribution in [0.1, 0.15) is 45.1 Å². The van der Waals surface area contributed by atoms with Gasteiger partial charge >= 0.3 is 0 Å². The van der Waals surface area contributed by atoms with E-state index in [0.717, 1.165) is 12.3 Å². The van der Waals surface area contributed by atoms with E-state index in [1.807, 2.05) is 23.0 Å². The first kappa shape index (κ1) is 12.9. The SMILES string of the molecule is C[C@H](NCc1cnn(C(C)(C)C)c1)c1ccco1. The molecular weight excluding hydrogens is 226 g/mol. The van der Waals surface area contributed by atoms with Gasteiger partial charge in [-0.1, -0.05) is 0 Å². The lowest BCUT2D eigenvalue weighted by molar-refractivity contribution is 0.355. The third-order valence-corrected chi connectivity index (χ3v) is 2.91. The molecule has 18 heavy (non-hydrogen) atoms. The van der Waals surface area contributed by atoms with Crippen molar-refractivity contribution in [2.24, 2.45) is 0 Å². The first-order valence-electron chi connectivity index (χ1n) is 6.27. The average Bonchev–Trinajstić information content (AvgIpc) is 2.96. The van der Waals surface area contributed by atoms with Crippen LogP contribution in [0.5, 0.6) is 0 Å². The van der Waals surface area contributed by atoms with Gasteiger partial charge in [-0.05, 0) is 39.8 Å². The monoisotopic (exact) mass is 247 g/mol. The highest BCUT2D eigenvalue weighted by Gasteiger charge is 2.14. The van der Waals surface area contributed by atoms with E-state index >= 15 is 0 Å². The topological polar surface area (TPSA) is 43.0 Å². The summed E-state index contributed by atoms with van der Waals surface area (Å²) >= 11 is 0. The van der Waals surface area contributed by atoms with Gasteiger partial charge in [0, 0.05) is 18.3 Å². The molecule has 98 valence electrons. The zero-order valence-corrected chi connectivity index (χ0v) is 11.5. The normalized spacial score (nSPS) is 13.8. The van der Waals surface area contributed by atoms with Crippen molar-refractivity contribution in [1.82, 2.24) is 15.1 Å². The minimum atomic E-state index is 0.0326. The van der Waals surface area contributed by atoms with E-state index in [1.54, 1.807) is 6.26 Å². The molecule has 0 saturated carbocycles. The van der Waals surface area contributed by atoms with Crippen molar-refractivity contribution in [3.63, 3.8) is 0 Å². The summed E-state index contributed by atoms with van der Waals surface area (Å²) in [5.74, 6) is 0.957. The zero-order valence-electron chi connectivity index (χ0n) is 11.5. The molecular formula is C14H21N3O. The summed E-state index contributed by atoms with van der Waals surface area (Å²) in [5, 5.41) is 7.80. The Morgan fingerprint density at radius 2 is 2.22 bits per heavy atom. The van der Waals surface area contributed by atoms with E-state index in [4.69, 9.17) is 4.42 Å². The van der Waals surface area contributed by atoms with E-state index in [9.17, 15) is 0 Å². The van der Waals surface area contributed by atoms with Gasteiger partial charge in [-0.3, -0.25) is 4.68 Å². The van der Waals surface area contributed by atoms with Gasteiger partial charge in [-0.15, -0.1) is 0 Å². The molecule has 0 unspecified atom stereocenters. The van der Waals surface area contributed by atoms with Gasteiger partial charge in [0.15, 0.2) is 0 Å². The maximum Gasteiger partial charge on any atom is 0.120 e. The van der Waals surface area contributed by atoms with E-state index in [1.165, 1.54) is 5.56 Å². The number of hydrogen-bond donors (Lipinski definition) is 1. The molecule has 0 saturated heterocycles. The van der Waals surface area contributed by atoms with Crippen LogP contribution in [-0.2, 0) is 12.1 Å². The predicted molar refractivity (Wildman–Crippen MR) is 71.2 cm³/mol. The van der Waals surface area contributed by atoms with E-state index < -0.39 is 0 Å². The van der Waals surface area contributed by atoms with E-state index in [0.29, 0.717) is 0 Å². The lowest BCUT2D eigenvalue weighted by atomic mass is 10.1. The van der Waals surface area contributed by atoms with Crippen LogP contribution in [0.2, 0.25) is 0 Å². The highest BCUT2D eigenvalue weighted by Crippen LogP contribution is 2.15. The van der Waals surface area contributed by atoms with Crippen LogP contribution in [0.25, 0.3) is 0 Å². The van der Waals surface area contributed by atoms with Crippen LogP contribution in [0.4, 0.5) is 0 Å². The second kappa shape index (κ2) is 4.98. The third-order valence-electron chi connectivity index (χ3n) is 2.91. The predicted octanol–water partition coefficient (Wildman–Crippen LogP) is 3.08. The van der Waals surface area contributed by atoms with Crippen molar-refractivity contribution >= 4 is 0 Å². The summed E-state index contributed by atoms with van der Waals surface area (Å²) in [5.41, 5.74) is 1.22. The molecule has 2 aromatic heterocycles. The molecule has 0 aliphatic carbocycles. The molecule has 4 heteroatoms. The zero-order chi connectivity index (χ0) is 13.2. The van der Waals surface area contributed by atoms with Gasteiger partial charge < -0.3 is 9.73 Å². The first-order chi connectivity index (χ1) is 8.47. The van der Waals surface area contributed by atoms with Crippen molar-refractivity contribution in [3.05, 3.63) is 42.1 Å². The summed E-state index contributed by atoms with van der Waals surface area (Å²) < 4.78 is 7.35. The highest BCUT2D eigenvalue weighted by atomic mass is 16.3. The fourth-order valence-corrected chi connectivity index (χ4v) is 1.73. The number of furan rings is 1. The van der Waals surface area contributed by atoms with Crippen LogP contribution in [-0.4, -0.2) is 9.78 Å². The Kier molecular flexibility index (Phi) is 3.57. The van der Waals surface area contributed by atoms with Gasteiger partial charge in [0.2, 0.25) is 0 Å². The molecule has 2 aromatic rings. The lowest BCUT2D eigenvalue weighted by Crippen LogP contribution is -2.22. The Morgan fingerprint density at radius 3 is 2.78 bits per heavy atom. The van der Waals surface area contributed by atoms with Crippen molar-refractivity contribution in [3.8, 4) is 0 Å². The number of hydrogen-bond acceptors (Lipinski definition) is 3. The fraction of sp³-hybridized carbons (Fsp3) is 0.500. The second-order valence-electron chi connectivity index (χ2n) is 5.58. The first-order valence-corrected chi connectivity index (χ1v) is 6.27. The summed E-state index contributed by atoms with van der Waals surface area (Å²) in [7, 11) is 0. The van der Waals surface area contributed by atoms with Gasteiger partial charge in [0.25, 0.3) is 0 Å². The van der Waals surface area contributed by atoms with Gasteiger partial charge in [0.1, 0.15) is 5.76 Å². The minimum Gasteiger partial charge on any atom is -0.468 e. The molecule has 2 heterocycles. The van der Waals surface area contributed by atoms with Crippen molar-refractivity contribution in [1.29, 1.82) is 0 Å². The number of rotatable bonds is 4. The molecule has 1 atom stereocenters. The Bertz CT molecular complexity index is 479. The summed E-state index contributed by atoms with van der Waals surface area (Å²) in [6.07, 6.45) is 5.69. The molecule has 0 aromatic carbocycles. The lowest BCUT2D eigenvalue weighted by Gasteiger charge is -2.18. The quantitative estimate of drug-likeness (QED) is 0.902. The summed E-state index contributed by atoms with van der Waals surface area (Å²) in [4.78, 5) is 0. The van der Waals surface area contributed by atoms with Crippen molar-refractivity contribution < 1.29 is 4.42 Å². The molecule has 0 radical (unpaired) electrons. The largest absolute Gasteiger partial charge is 0.468 e. The van der Waals surface area contributed by atoms with Crippen LogP contribution >= 0.6 is 0 Å². The Balaban J connectivity index is 1.93. The molecule has 2 rings (SSSR count). The van der Waals surface area contributed by atoms with Gasteiger partial charge in [0.05, 0.1) is 24.0 Å². The maximum absolute atomic E-state index is 5.36. The van der Waals surface area contributed by atoms with E-state index in [-0.39, 0.29) is 11.6 Å². The molecule has 0 amide bonds. The molecule has 0 aliphatic rings. The highest BCUT2D eigenvalue weighted by molar-refractivity contribution is 5.07. The number of nitrogens with zero attached hydrogens (tertiary/aromatic N) is 2. The van der Waals surface area contributed by atoms with Crippen LogP contribution in [0.3, 0.4) is 0 Å². The molecule has 0 bridgehead atoms. The number of aromatic nitrogens is 2. The molecule has 0 fully saturated rings. The molecule has 0 spiro atoms. The number of nitrogens with one attached hydrogen (secondary N) is 1. The van der Waals surface area contributed by atoms with Gasteiger partial charge in [-0.2, -0.15) is 5.10 Å². The van der Waals surface area contributed by atoms with Crippen molar-refractivity contribution in [2.45, 2.75) is 45.8 Å². The maximum atomic E-state index is 5.36. The Morgan fingerprint density at radius 1 is 1.44 bits per heavy atom. The van der Waals surface area contributed by atoms with Crippen LogP contribution < -0.4 is 5.32 Å². The smallest absolute Gasteiger partial charge is 0.120 e. The molecule has 0 aliphatic heterocycles. The van der Waals surface area contributed by atoms with Gasteiger partial charge in [-0.25, -0.2) is 0 Å². The summed E-state index contributed by atoms with van der Waals surface area (Å²) in [6, 6.07) is 4.10.